The Labute approximate surface area is 259 Å². The SMILES string of the molecule is Clc1ccc(-c2nc(-c3cccc(-c4ccccc4)c3)nc(-c3ccc4c(c3)oc3cccc(-c5ccccc5)c34)n2)cc1. The maximum atomic E-state index is 6.40. The van der Waals surface area contributed by atoms with Crippen LogP contribution in [0, 0.1) is 0 Å². The summed E-state index contributed by atoms with van der Waals surface area (Å²) in [5.74, 6) is 1.73. The highest BCUT2D eigenvalue weighted by Gasteiger charge is 2.17. The van der Waals surface area contributed by atoms with E-state index in [1.54, 1.807) is 0 Å². The van der Waals surface area contributed by atoms with Crippen molar-refractivity contribution in [3.63, 3.8) is 0 Å². The molecule has 2 aromatic heterocycles. The van der Waals surface area contributed by atoms with Crippen molar-refractivity contribution in [1.82, 2.24) is 15.0 Å². The van der Waals surface area contributed by atoms with Crippen LogP contribution in [0.15, 0.2) is 150 Å². The molecule has 0 radical (unpaired) electrons. The monoisotopic (exact) mass is 585 g/mol. The summed E-state index contributed by atoms with van der Waals surface area (Å²) in [4.78, 5) is 14.8. The van der Waals surface area contributed by atoms with Gasteiger partial charge in [-0.2, -0.15) is 0 Å². The Morgan fingerprint density at radius 2 is 0.977 bits per heavy atom. The van der Waals surface area contributed by atoms with Crippen molar-refractivity contribution >= 4 is 33.5 Å². The lowest BCUT2D eigenvalue weighted by Crippen LogP contribution is -2.00. The van der Waals surface area contributed by atoms with E-state index in [4.69, 9.17) is 31.0 Å². The van der Waals surface area contributed by atoms with E-state index in [0.717, 1.165) is 60.9 Å². The summed E-state index contributed by atoms with van der Waals surface area (Å²) in [6.45, 7) is 0. The minimum absolute atomic E-state index is 0.565. The molecule has 6 aromatic carbocycles. The molecule has 2 heterocycles. The number of nitrogens with zero attached hydrogens (tertiary/aromatic N) is 3. The molecule has 0 fully saturated rings. The molecule has 0 aliphatic heterocycles. The quantitative estimate of drug-likeness (QED) is 0.201. The third-order valence-corrected chi connectivity index (χ3v) is 8.06. The van der Waals surface area contributed by atoms with Crippen LogP contribution < -0.4 is 0 Å². The Hall–Kier alpha value is -5.58. The zero-order chi connectivity index (χ0) is 29.5. The molecule has 8 aromatic rings. The summed E-state index contributed by atoms with van der Waals surface area (Å²) in [6.07, 6.45) is 0. The predicted octanol–water partition coefficient (Wildman–Crippen LogP) is 10.8. The molecular formula is C39H24ClN3O. The van der Waals surface area contributed by atoms with Crippen molar-refractivity contribution in [3.05, 3.63) is 151 Å². The van der Waals surface area contributed by atoms with E-state index in [0.29, 0.717) is 22.5 Å². The number of rotatable bonds is 5. The van der Waals surface area contributed by atoms with Gasteiger partial charge < -0.3 is 4.42 Å². The van der Waals surface area contributed by atoms with Crippen LogP contribution in [0.4, 0.5) is 0 Å². The molecule has 0 spiro atoms. The molecule has 5 heteroatoms. The van der Waals surface area contributed by atoms with Crippen LogP contribution in [0.3, 0.4) is 0 Å². The zero-order valence-electron chi connectivity index (χ0n) is 23.5. The molecule has 0 amide bonds. The van der Waals surface area contributed by atoms with Gasteiger partial charge in [0.25, 0.3) is 0 Å². The van der Waals surface area contributed by atoms with Crippen LogP contribution >= 0.6 is 11.6 Å². The van der Waals surface area contributed by atoms with E-state index >= 15 is 0 Å². The van der Waals surface area contributed by atoms with Crippen molar-refractivity contribution in [3.8, 4) is 56.4 Å². The molecular weight excluding hydrogens is 562 g/mol. The molecule has 0 aliphatic carbocycles. The van der Waals surface area contributed by atoms with Crippen molar-refractivity contribution in [2.45, 2.75) is 0 Å². The van der Waals surface area contributed by atoms with E-state index in [2.05, 4.69) is 66.7 Å². The topological polar surface area (TPSA) is 51.8 Å². The van der Waals surface area contributed by atoms with Gasteiger partial charge in [-0.15, -0.1) is 0 Å². The Morgan fingerprint density at radius 1 is 0.409 bits per heavy atom. The normalized spacial score (nSPS) is 11.3. The fourth-order valence-corrected chi connectivity index (χ4v) is 5.78. The van der Waals surface area contributed by atoms with Crippen LogP contribution in [0.25, 0.3) is 78.4 Å². The molecule has 8 rings (SSSR count). The highest BCUT2D eigenvalue weighted by molar-refractivity contribution is 6.30. The van der Waals surface area contributed by atoms with E-state index in [-0.39, 0.29) is 0 Å². The van der Waals surface area contributed by atoms with Gasteiger partial charge in [0.15, 0.2) is 17.5 Å². The molecule has 0 saturated heterocycles. The van der Waals surface area contributed by atoms with Crippen molar-refractivity contribution in [1.29, 1.82) is 0 Å². The summed E-state index contributed by atoms with van der Waals surface area (Å²) in [5, 5.41) is 2.80. The number of furan rings is 1. The second-order valence-electron chi connectivity index (χ2n) is 10.6. The number of benzene rings is 6. The number of hydrogen-bond acceptors (Lipinski definition) is 4. The smallest absolute Gasteiger partial charge is 0.164 e. The third-order valence-electron chi connectivity index (χ3n) is 7.81. The first kappa shape index (κ1) is 26.1. The second kappa shape index (κ2) is 10.9. The first-order valence-electron chi connectivity index (χ1n) is 14.4. The molecule has 0 saturated carbocycles. The Kier molecular flexibility index (Phi) is 6.47. The summed E-state index contributed by atoms with van der Waals surface area (Å²) >= 11 is 6.20. The van der Waals surface area contributed by atoms with Crippen molar-refractivity contribution < 1.29 is 4.42 Å². The fraction of sp³-hybridized carbons (Fsp3) is 0. The van der Waals surface area contributed by atoms with Gasteiger partial charge >= 0.3 is 0 Å². The first-order chi connectivity index (χ1) is 21.7. The summed E-state index contributed by atoms with van der Waals surface area (Å²) in [5.41, 5.74) is 8.74. The number of fused-ring (bicyclic) bond motifs is 3. The predicted molar refractivity (Wildman–Crippen MR) is 179 cm³/mol. The number of halogens is 1. The Bertz CT molecular complexity index is 2280. The third kappa shape index (κ3) is 4.81. The number of hydrogen-bond donors (Lipinski definition) is 0. The average Bonchev–Trinajstić information content (AvgIpc) is 3.47. The Morgan fingerprint density at radius 3 is 1.70 bits per heavy atom. The maximum absolute atomic E-state index is 6.40. The van der Waals surface area contributed by atoms with Gasteiger partial charge in [-0.25, -0.2) is 15.0 Å². The van der Waals surface area contributed by atoms with E-state index in [1.165, 1.54) is 0 Å². The lowest BCUT2D eigenvalue weighted by molar-refractivity contribution is 0.669. The average molecular weight is 586 g/mol. The van der Waals surface area contributed by atoms with Gasteiger partial charge in [0, 0.05) is 32.5 Å². The fourth-order valence-electron chi connectivity index (χ4n) is 5.65. The van der Waals surface area contributed by atoms with Gasteiger partial charge in [0.2, 0.25) is 0 Å². The molecule has 0 aliphatic rings. The standard InChI is InChI=1S/C39H24ClN3O/c40-31-20-17-27(18-21-31)37-41-38(29-14-7-13-28(23-29)25-9-3-1-4-10-25)43-39(42-37)30-19-22-33-35(24-30)44-34-16-8-15-32(36(33)34)26-11-5-2-6-12-26/h1-24H. The lowest BCUT2D eigenvalue weighted by atomic mass is 9.99. The van der Waals surface area contributed by atoms with Gasteiger partial charge in [-0.05, 0) is 70.8 Å². The largest absolute Gasteiger partial charge is 0.456 e. The van der Waals surface area contributed by atoms with Crippen LogP contribution in [0.1, 0.15) is 0 Å². The van der Waals surface area contributed by atoms with Crippen LogP contribution in [0.2, 0.25) is 5.02 Å². The van der Waals surface area contributed by atoms with E-state index < -0.39 is 0 Å². The van der Waals surface area contributed by atoms with Crippen molar-refractivity contribution in [2.24, 2.45) is 0 Å². The molecule has 208 valence electrons. The second-order valence-corrected chi connectivity index (χ2v) is 11.1. The first-order valence-corrected chi connectivity index (χ1v) is 14.8. The summed E-state index contributed by atoms with van der Waals surface area (Å²) < 4.78 is 6.40. The summed E-state index contributed by atoms with van der Waals surface area (Å²) in [6, 6.07) is 48.9. The highest BCUT2D eigenvalue weighted by atomic mass is 35.5. The van der Waals surface area contributed by atoms with Crippen LogP contribution in [-0.4, -0.2) is 15.0 Å². The molecule has 0 bridgehead atoms. The van der Waals surface area contributed by atoms with Crippen molar-refractivity contribution in [2.75, 3.05) is 0 Å². The summed E-state index contributed by atoms with van der Waals surface area (Å²) in [7, 11) is 0. The van der Waals surface area contributed by atoms with E-state index in [1.807, 2.05) is 78.9 Å². The molecule has 4 nitrogen and oxygen atoms in total. The number of aromatic nitrogens is 3. The minimum Gasteiger partial charge on any atom is -0.456 e. The Balaban J connectivity index is 1.29. The molecule has 0 atom stereocenters. The maximum Gasteiger partial charge on any atom is 0.164 e. The highest BCUT2D eigenvalue weighted by Crippen LogP contribution is 2.38. The van der Waals surface area contributed by atoms with Gasteiger partial charge in [-0.3, -0.25) is 0 Å². The van der Waals surface area contributed by atoms with E-state index in [9.17, 15) is 0 Å². The molecule has 0 N–H and O–H groups in total. The molecule has 44 heavy (non-hydrogen) atoms. The van der Waals surface area contributed by atoms with Gasteiger partial charge in [0.1, 0.15) is 11.2 Å². The zero-order valence-corrected chi connectivity index (χ0v) is 24.2. The van der Waals surface area contributed by atoms with Gasteiger partial charge in [-0.1, -0.05) is 109 Å². The molecule has 0 unspecified atom stereocenters. The van der Waals surface area contributed by atoms with Crippen LogP contribution in [0.5, 0.6) is 0 Å². The van der Waals surface area contributed by atoms with Gasteiger partial charge in [0.05, 0.1) is 0 Å². The lowest BCUT2D eigenvalue weighted by Gasteiger charge is -2.10. The minimum atomic E-state index is 0.565. The van der Waals surface area contributed by atoms with Crippen LogP contribution in [-0.2, 0) is 0 Å².